The van der Waals surface area contributed by atoms with E-state index in [0.717, 1.165) is 5.56 Å². The van der Waals surface area contributed by atoms with Gasteiger partial charge in [-0.3, -0.25) is 10.1 Å². The van der Waals surface area contributed by atoms with E-state index < -0.39 is 11.7 Å². The van der Waals surface area contributed by atoms with Crippen LogP contribution in [-0.4, -0.2) is 30.3 Å². The normalized spacial score (nSPS) is 10.5. The molecule has 0 saturated heterocycles. The standard InChI is InChI=1S/C18H16FN3O3S2/c1-24-12-7-11(8-13(9-12)25-2)10-26-18-22-21-17(27-18)20-16(23)14-5-3-4-6-15(14)19/h3-9H,10H2,1-2H3,(H,20,21,23). The Kier molecular flexibility index (Phi) is 6.25. The van der Waals surface area contributed by atoms with Gasteiger partial charge in [0, 0.05) is 11.8 Å². The average Bonchev–Trinajstić information content (AvgIpc) is 3.13. The monoisotopic (exact) mass is 405 g/mol. The fraction of sp³-hybridized carbons (Fsp3) is 0.167. The molecule has 1 amide bonds. The van der Waals surface area contributed by atoms with Crippen LogP contribution < -0.4 is 14.8 Å². The lowest BCUT2D eigenvalue weighted by Crippen LogP contribution is -2.13. The molecule has 0 spiro atoms. The molecule has 0 aliphatic heterocycles. The summed E-state index contributed by atoms with van der Waals surface area (Å²) in [7, 11) is 3.20. The summed E-state index contributed by atoms with van der Waals surface area (Å²) in [6.45, 7) is 0. The minimum absolute atomic E-state index is 0.0367. The van der Waals surface area contributed by atoms with E-state index in [-0.39, 0.29) is 5.56 Å². The lowest BCUT2D eigenvalue weighted by Gasteiger charge is -2.07. The molecule has 0 radical (unpaired) electrons. The Labute approximate surface area is 163 Å². The van der Waals surface area contributed by atoms with Crippen molar-refractivity contribution in [3.63, 3.8) is 0 Å². The topological polar surface area (TPSA) is 73.3 Å². The maximum atomic E-state index is 13.7. The fourth-order valence-electron chi connectivity index (χ4n) is 2.22. The van der Waals surface area contributed by atoms with Crippen LogP contribution in [-0.2, 0) is 5.75 Å². The Hall–Kier alpha value is -2.65. The summed E-state index contributed by atoms with van der Waals surface area (Å²) in [6, 6.07) is 11.4. The zero-order chi connectivity index (χ0) is 19.2. The van der Waals surface area contributed by atoms with E-state index in [9.17, 15) is 9.18 Å². The molecule has 1 N–H and O–H groups in total. The third-order valence-electron chi connectivity index (χ3n) is 3.52. The van der Waals surface area contributed by atoms with Gasteiger partial charge in [-0.2, -0.15) is 0 Å². The molecule has 9 heteroatoms. The van der Waals surface area contributed by atoms with E-state index in [4.69, 9.17) is 9.47 Å². The number of thioether (sulfide) groups is 1. The van der Waals surface area contributed by atoms with Crippen LogP contribution in [0.3, 0.4) is 0 Å². The number of aromatic nitrogens is 2. The number of nitrogens with zero attached hydrogens (tertiary/aromatic N) is 2. The van der Waals surface area contributed by atoms with Crippen LogP contribution in [0.15, 0.2) is 46.8 Å². The van der Waals surface area contributed by atoms with Crippen LogP contribution in [0.2, 0.25) is 0 Å². The molecule has 27 heavy (non-hydrogen) atoms. The first-order valence-corrected chi connectivity index (χ1v) is 9.63. The molecule has 0 aliphatic carbocycles. The Morgan fingerprint density at radius 3 is 2.52 bits per heavy atom. The van der Waals surface area contributed by atoms with Gasteiger partial charge in [0.2, 0.25) is 5.13 Å². The molecule has 0 atom stereocenters. The van der Waals surface area contributed by atoms with E-state index >= 15 is 0 Å². The van der Waals surface area contributed by atoms with Gasteiger partial charge in [-0.15, -0.1) is 10.2 Å². The van der Waals surface area contributed by atoms with Crippen molar-refractivity contribution in [1.82, 2.24) is 10.2 Å². The van der Waals surface area contributed by atoms with Gasteiger partial charge in [0.25, 0.3) is 5.91 Å². The Morgan fingerprint density at radius 2 is 1.85 bits per heavy atom. The minimum atomic E-state index is -0.582. The highest BCUT2D eigenvalue weighted by Gasteiger charge is 2.14. The largest absolute Gasteiger partial charge is 0.497 e. The maximum absolute atomic E-state index is 13.7. The predicted octanol–water partition coefficient (Wildman–Crippen LogP) is 4.24. The summed E-state index contributed by atoms with van der Waals surface area (Å²) in [4.78, 5) is 12.1. The summed E-state index contributed by atoms with van der Waals surface area (Å²) in [5.74, 6) is 0.906. The summed E-state index contributed by atoms with van der Waals surface area (Å²) in [5.41, 5.74) is 0.966. The molecule has 0 saturated carbocycles. The lowest BCUT2D eigenvalue weighted by molar-refractivity contribution is 0.102. The highest BCUT2D eigenvalue weighted by molar-refractivity contribution is 8.00. The van der Waals surface area contributed by atoms with Gasteiger partial charge < -0.3 is 9.47 Å². The number of benzene rings is 2. The smallest absolute Gasteiger partial charge is 0.260 e. The first kappa shape index (κ1) is 19.1. The third-order valence-corrected chi connectivity index (χ3v) is 5.56. The van der Waals surface area contributed by atoms with E-state index in [1.807, 2.05) is 12.1 Å². The number of anilines is 1. The molecule has 1 aromatic heterocycles. The first-order valence-electron chi connectivity index (χ1n) is 7.83. The zero-order valence-corrected chi connectivity index (χ0v) is 16.2. The van der Waals surface area contributed by atoms with Crippen LogP contribution in [0, 0.1) is 5.82 Å². The van der Waals surface area contributed by atoms with Crippen LogP contribution in [0.25, 0.3) is 0 Å². The number of hydrogen-bond acceptors (Lipinski definition) is 7. The second-order valence-electron chi connectivity index (χ2n) is 5.32. The van der Waals surface area contributed by atoms with Crippen molar-refractivity contribution in [2.45, 2.75) is 10.1 Å². The molecular formula is C18H16FN3O3S2. The highest BCUT2D eigenvalue weighted by Crippen LogP contribution is 2.31. The zero-order valence-electron chi connectivity index (χ0n) is 14.6. The van der Waals surface area contributed by atoms with E-state index in [2.05, 4.69) is 15.5 Å². The van der Waals surface area contributed by atoms with Gasteiger partial charge in [0.1, 0.15) is 17.3 Å². The summed E-state index contributed by atoms with van der Waals surface area (Å²) in [5, 5.41) is 10.9. The highest BCUT2D eigenvalue weighted by atomic mass is 32.2. The first-order chi connectivity index (χ1) is 13.1. The Morgan fingerprint density at radius 1 is 1.15 bits per heavy atom. The van der Waals surface area contributed by atoms with Gasteiger partial charge in [-0.1, -0.05) is 35.2 Å². The van der Waals surface area contributed by atoms with Crippen molar-refractivity contribution in [2.24, 2.45) is 0 Å². The van der Waals surface area contributed by atoms with Crippen LogP contribution >= 0.6 is 23.1 Å². The number of halogens is 1. The molecular weight excluding hydrogens is 389 g/mol. The summed E-state index contributed by atoms with van der Waals surface area (Å²) < 4.78 is 24.9. The van der Waals surface area contributed by atoms with Crippen LogP contribution in [0.5, 0.6) is 11.5 Å². The second-order valence-corrected chi connectivity index (χ2v) is 7.52. The fourth-order valence-corrected chi connectivity index (χ4v) is 3.90. The Bertz CT molecular complexity index is 927. The van der Waals surface area contributed by atoms with Gasteiger partial charge in [0.05, 0.1) is 19.8 Å². The molecule has 6 nitrogen and oxygen atoms in total. The number of carbonyl (C=O) groups excluding carboxylic acids is 1. The molecule has 140 valence electrons. The van der Waals surface area contributed by atoms with Gasteiger partial charge >= 0.3 is 0 Å². The number of methoxy groups -OCH3 is 2. The van der Waals surface area contributed by atoms with Crippen molar-refractivity contribution in [1.29, 1.82) is 0 Å². The second kappa shape index (κ2) is 8.83. The number of rotatable bonds is 7. The van der Waals surface area contributed by atoms with Crippen molar-refractivity contribution in [3.05, 3.63) is 59.4 Å². The van der Waals surface area contributed by atoms with E-state index in [0.29, 0.717) is 26.7 Å². The van der Waals surface area contributed by atoms with Crippen LogP contribution in [0.4, 0.5) is 9.52 Å². The minimum Gasteiger partial charge on any atom is -0.497 e. The predicted molar refractivity (Wildman–Crippen MR) is 103 cm³/mol. The van der Waals surface area contributed by atoms with Crippen LogP contribution in [0.1, 0.15) is 15.9 Å². The summed E-state index contributed by atoms with van der Waals surface area (Å²) >= 11 is 2.69. The summed E-state index contributed by atoms with van der Waals surface area (Å²) in [6.07, 6.45) is 0. The molecule has 2 aromatic carbocycles. The number of amides is 1. The molecule has 0 bridgehead atoms. The number of nitrogens with one attached hydrogen (secondary N) is 1. The van der Waals surface area contributed by atoms with Crippen molar-refractivity contribution < 1.29 is 18.7 Å². The average molecular weight is 405 g/mol. The molecule has 0 aliphatic rings. The molecule has 0 fully saturated rings. The van der Waals surface area contributed by atoms with Gasteiger partial charge in [-0.25, -0.2) is 4.39 Å². The molecule has 0 unspecified atom stereocenters. The van der Waals surface area contributed by atoms with Gasteiger partial charge in [-0.05, 0) is 29.8 Å². The van der Waals surface area contributed by atoms with E-state index in [1.54, 1.807) is 26.4 Å². The van der Waals surface area contributed by atoms with Crippen molar-refractivity contribution in [3.8, 4) is 11.5 Å². The molecule has 3 aromatic rings. The van der Waals surface area contributed by atoms with Crippen molar-refractivity contribution in [2.75, 3.05) is 19.5 Å². The number of carbonyl (C=O) groups is 1. The quantitative estimate of drug-likeness (QED) is 0.468. The Balaban J connectivity index is 1.63. The van der Waals surface area contributed by atoms with Gasteiger partial charge in [0.15, 0.2) is 4.34 Å². The molecule has 1 heterocycles. The number of ether oxygens (including phenoxy) is 2. The van der Waals surface area contributed by atoms with E-state index in [1.165, 1.54) is 41.3 Å². The lowest BCUT2D eigenvalue weighted by atomic mass is 10.2. The third kappa shape index (κ3) is 4.95. The maximum Gasteiger partial charge on any atom is 0.260 e. The number of hydrogen-bond donors (Lipinski definition) is 1. The molecule has 3 rings (SSSR count). The SMILES string of the molecule is COc1cc(CSc2nnc(NC(=O)c3ccccc3F)s2)cc(OC)c1. The van der Waals surface area contributed by atoms with Crippen molar-refractivity contribution >= 4 is 34.1 Å².